The van der Waals surface area contributed by atoms with Gasteiger partial charge in [-0.1, -0.05) is 13.8 Å². The van der Waals surface area contributed by atoms with E-state index in [1.807, 2.05) is 0 Å². The Morgan fingerprint density at radius 1 is 1.07 bits per heavy atom. The first-order chi connectivity index (χ1) is 6.45. The Kier molecular flexibility index (Phi) is 4.91. The van der Waals surface area contributed by atoms with Gasteiger partial charge in [0.1, 0.15) is 0 Å². The SMILES string of the molecule is COC(=O)/C(C)=C(\OC)C(=O)C(C)C. The van der Waals surface area contributed by atoms with E-state index in [4.69, 9.17) is 4.74 Å². The summed E-state index contributed by atoms with van der Waals surface area (Å²) in [4.78, 5) is 22.7. The minimum atomic E-state index is -0.546. The molecule has 0 aliphatic heterocycles. The second-order valence-electron chi connectivity index (χ2n) is 3.17. The van der Waals surface area contributed by atoms with Crippen molar-refractivity contribution in [3.05, 3.63) is 11.3 Å². The fourth-order valence-corrected chi connectivity index (χ4v) is 0.946. The number of methoxy groups -OCH3 is 2. The Balaban J connectivity index is 5.03. The zero-order valence-electron chi connectivity index (χ0n) is 9.21. The van der Waals surface area contributed by atoms with Crippen molar-refractivity contribution in [1.82, 2.24) is 0 Å². The van der Waals surface area contributed by atoms with Gasteiger partial charge in [0, 0.05) is 5.92 Å². The maximum absolute atomic E-state index is 11.5. The summed E-state index contributed by atoms with van der Waals surface area (Å²) in [6.07, 6.45) is 0. The highest BCUT2D eigenvalue weighted by Crippen LogP contribution is 2.12. The lowest BCUT2D eigenvalue weighted by Crippen LogP contribution is -2.17. The van der Waals surface area contributed by atoms with E-state index in [2.05, 4.69) is 4.74 Å². The highest BCUT2D eigenvalue weighted by Gasteiger charge is 2.21. The maximum Gasteiger partial charge on any atom is 0.337 e. The standard InChI is InChI=1S/C10H16O4/c1-6(2)8(11)9(13-4)7(3)10(12)14-5/h6H,1-5H3/b9-7-. The minimum Gasteiger partial charge on any atom is -0.492 e. The molecule has 0 heterocycles. The molecule has 0 aromatic rings. The van der Waals surface area contributed by atoms with E-state index in [1.54, 1.807) is 13.8 Å². The average molecular weight is 200 g/mol. The van der Waals surface area contributed by atoms with Gasteiger partial charge in [-0.05, 0) is 6.92 Å². The number of ketones is 1. The topological polar surface area (TPSA) is 52.6 Å². The van der Waals surface area contributed by atoms with Gasteiger partial charge in [0.05, 0.1) is 19.8 Å². The molecule has 0 bridgehead atoms. The predicted octanol–water partition coefficient (Wildman–Crippen LogP) is 1.30. The number of ether oxygens (including phenoxy) is 2. The van der Waals surface area contributed by atoms with E-state index >= 15 is 0 Å². The van der Waals surface area contributed by atoms with Crippen LogP contribution < -0.4 is 0 Å². The van der Waals surface area contributed by atoms with E-state index in [0.29, 0.717) is 0 Å². The van der Waals surface area contributed by atoms with Gasteiger partial charge in [-0.25, -0.2) is 4.79 Å². The quantitative estimate of drug-likeness (QED) is 0.390. The van der Waals surface area contributed by atoms with Gasteiger partial charge in [-0.3, -0.25) is 4.79 Å². The molecule has 0 saturated carbocycles. The summed E-state index contributed by atoms with van der Waals surface area (Å²) in [6, 6.07) is 0. The summed E-state index contributed by atoms with van der Waals surface area (Å²) in [6.45, 7) is 4.99. The third kappa shape index (κ3) is 2.87. The van der Waals surface area contributed by atoms with Crippen molar-refractivity contribution in [2.45, 2.75) is 20.8 Å². The fraction of sp³-hybridized carbons (Fsp3) is 0.600. The number of rotatable bonds is 4. The number of esters is 1. The van der Waals surface area contributed by atoms with Crippen molar-refractivity contribution < 1.29 is 19.1 Å². The smallest absolute Gasteiger partial charge is 0.337 e. The Bertz CT molecular complexity index is 263. The molecule has 0 aliphatic rings. The predicted molar refractivity (Wildman–Crippen MR) is 51.6 cm³/mol. The molecule has 0 saturated heterocycles. The van der Waals surface area contributed by atoms with Crippen LogP contribution in [0.25, 0.3) is 0 Å². The second-order valence-corrected chi connectivity index (χ2v) is 3.17. The van der Waals surface area contributed by atoms with Crippen LogP contribution in [0.4, 0.5) is 0 Å². The van der Waals surface area contributed by atoms with E-state index in [9.17, 15) is 9.59 Å². The molecule has 0 unspecified atom stereocenters. The third-order valence-corrected chi connectivity index (χ3v) is 1.78. The molecule has 0 rings (SSSR count). The number of allylic oxidation sites excluding steroid dienone is 1. The number of carbonyl (C=O) groups excluding carboxylic acids is 2. The number of hydrogen-bond donors (Lipinski definition) is 0. The zero-order valence-corrected chi connectivity index (χ0v) is 9.21. The minimum absolute atomic E-state index is 0.0758. The van der Waals surface area contributed by atoms with Crippen LogP contribution in [0.1, 0.15) is 20.8 Å². The van der Waals surface area contributed by atoms with Crippen LogP contribution in [0.5, 0.6) is 0 Å². The van der Waals surface area contributed by atoms with Crippen LogP contribution in [0, 0.1) is 5.92 Å². The Morgan fingerprint density at radius 3 is 1.86 bits per heavy atom. The van der Waals surface area contributed by atoms with E-state index in [0.717, 1.165) is 0 Å². The highest BCUT2D eigenvalue weighted by molar-refractivity contribution is 6.02. The zero-order chi connectivity index (χ0) is 11.3. The van der Waals surface area contributed by atoms with Crippen LogP contribution >= 0.6 is 0 Å². The summed E-state index contributed by atoms with van der Waals surface area (Å²) in [5.41, 5.74) is 0.203. The van der Waals surface area contributed by atoms with E-state index < -0.39 is 5.97 Å². The van der Waals surface area contributed by atoms with Crippen LogP contribution in [-0.2, 0) is 19.1 Å². The third-order valence-electron chi connectivity index (χ3n) is 1.78. The summed E-state index contributed by atoms with van der Waals surface area (Å²) in [5.74, 6) is -0.873. The Morgan fingerprint density at radius 2 is 1.57 bits per heavy atom. The largest absolute Gasteiger partial charge is 0.492 e. The summed E-state index contributed by atoms with van der Waals surface area (Å²) < 4.78 is 9.38. The Hall–Kier alpha value is -1.32. The van der Waals surface area contributed by atoms with Gasteiger partial charge in [0.15, 0.2) is 11.5 Å². The van der Waals surface area contributed by atoms with Crippen LogP contribution in [-0.4, -0.2) is 26.0 Å². The number of Topliss-reactive ketones (excluding diaryl/α,β-unsaturated/α-hetero) is 1. The molecule has 0 amide bonds. The van der Waals surface area contributed by atoms with Crippen molar-refractivity contribution in [1.29, 1.82) is 0 Å². The molecule has 0 aromatic heterocycles. The first kappa shape index (κ1) is 12.7. The van der Waals surface area contributed by atoms with Crippen molar-refractivity contribution >= 4 is 11.8 Å². The fourth-order valence-electron chi connectivity index (χ4n) is 0.946. The van der Waals surface area contributed by atoms with E-state index in [1.165, 1.54) is 21.1 Å². The molecule has 0 atom stereocenters. The molecule has 0 spiro atoms. The lowest BCUT2D eigenvalue weighted by atomic mass is 10.0. The molecule has 4 nitrogen and oxygen atoms in total. The van der Waals surface area contributed by atoms with Crippen molar-refractivity contribution in [3.63, 3.8) is 0 Å². The van der Waals surface area contributed by atoms with Crippen LogP contribution in [0.2, 0.25) is 0 Å². The monoisotopic (exact) mass is 200 g/mol. The second kappa shape index (κ2) is 5.42. The highest BCUT2D eigenvalue weighted by atomic mass is 16.5. The van der Waals surface area contributed by atoms with Crippen molar-refractivity contribution in [2.75, 3.05) is 14.2 Å². The average Bonchev–Trinajstić information content (AvgIpc) is 2.17. The normalized spacial score (nSPS) is 12.1. The van der Waals surface area contributed by atoms with Crippen LogP contribution in [0.15, 0.2) is 11.3 Å². The van der Waals surface area contributed by atoms with Crippen molar-refractivity contribution in [3.8, 4) is 0 Å². The van der Waals surface area contributed by atoms with Crippen molar-refractivity contribution in [2.24, 2.45) is 5.92 Å². The number of carbonyl (C=O) groups is 2. The van der Waals surface area contributed by atoms with Gasteiger partial charge in [-0.2, -0.15) is 0 Å². The molecule has 0 N–H and O–H groups in total. The van der Waals surface area contributed by atoms with Gasteiger partial charge in [-0.15, -0.1) is 0 Å². The van der Waals surface area contributed by atoms with Gasteiger partial charge in [0.25, 0.3) is 0 Å². The summed E-state index contributed by atoms with van der Waals surface area (Å²) in [7, 11) is 2.63. The first-order valence-corrected chi connectivity index (χ1v) is 4.33. The molecule has 80 valence electrons. The van der Waals surface area contributed by atoms with Crippen LogP contribution in [0.3, 0.4) is 0 Å². The molecule has 0 radical (unpaired) electrons. The molecular weight excluding hydrogens is 184 g/mol. The van der Waals surface area contributed by atoms with Gasteiger partial charge >= 0.3 is 5.97 Å². The van der Waals surface area contributed by atoms with Gasteiger partial charge < -0.3 is 9.47 Å². The molecule has 4 heteroatoms. The molecule has 14 heavy (non-hydrogen) atoms. The lowest BCUT2D eigenvalue weighted by Gasteiger charge is -2.10. The number of hydrogen-bond acceptors (Lipinski definition) is 4. The van der Waals surface area contributed by atoms with Gasteiger partial charge in [0.2, 0.25) is 0 Å². The summed E-state index contributed by atoms with van der Waals surface area (Å²) in [5, 5.41) is 0. The molecular formula is C10H16O4. The molecule has 0 aromatic carbocycles. The lowest BCUT2D eigenvalue weighted by molar-refractivity contribution is -0.137. The van der Waals surface area contributed by atoms with E-state index in [-0.39, 0.29) is 23.0 Å². The molecule has 0 aliphatic carbocycles. The first-order valence-electron chi connectivity index (χ1n) is 4.33. The molecule has 0 fully saturated rings. The summed E-state index contributed by atoms with van der Waals surface area (Å²) >= 11 is 0. The Labute approximate surface area is 83.9 Å². The maximum atomic E-state index is 11.5.